The van der Waals surface area contributed by atoms with E-state index in [2.05, 4.69) is 14.7 Å². The lowest BCUT2D eigenvalue weighted by Gasteiger charge is -1.93. The van der Waals surface area contributed by atoms with Crippen LogP contribution in [0.15, 0.2) is 32.0 Å². The zero-order valence-electron chi connectivity index (χ0n) is 8.74. The molecule has 0 aliphatic rings. The molecule has 0 saturated heterocycles. The summed E-state index contributed by atoms with van der Waals surface area (Å²) in [6, 6.07) is 3.32. The SMILES string of the molecule is O=c1oc(-c2ccco2)nn1Cc1nnsc1Cl. The summed E-state index contributed by atoms with van der Waals surface area (Å²) < 4.78 is 15.3. The van der Waals surface area contributed by atoms with Crippen molar-refractivity contribution in [3.8, 4) is 11.7 Å². The van der Waals surface area contributed by atoms with Crippen LogP contribution in [0.5, 0.6) is 0 Å². The Balaban J connectivity index is 1.95. The lowest BCUT2D eigenvalue weighted by atomic mass is 10.4. The molecule has 3 aromatic rings. The average molecular weight is 285 g/mol. The molecular formula is C9H5ClN4O3S. The number of halogens is 1. The molecule has 0 spiro atoms. The molecule has 7 nitrogen and oxygen atoms in total. The van der Waals surface area contributed by atoms with E-state index >= 15 is 0 Å². The van der Waals surface area contributed by atoms with Gasteiger partial charge in [-0.15, -0.1) is 10.2 Å². The van der Waals surface area contributed by atoms with Crippen LogP contribution in [0.1, 0.15) is 5.69 Å². The van der Waals surface area contributed by atoms with Gasteiger partial charge in [0.05, 0.1) is 12.8 Å². The Bertz CT molecular complexity index is 714. The van der Waals surface area contributed by atoms with Crippen LogP contribution in [0.3, 0.4) is 0 Å². The van der Waals surface area contributed by atoms with Crippen molar-refractivity contribution < 1.29 is 8.83 Å². The Morgan fingerprint density at radius 1 is 1.50 bits per heavy atom. The van der Waals surface area contributed by atoms with E-state index in [-0.39, 0.29) is 12.4 Å². The van der Waals surface area contributed by atoms with Gasteiger partial charge in [0.15, 0.2) is 5.76 Å². The molecule has 0 aliphatic carbocycles. The molecule has 0 fully saturated rings. The zero-order chi connectivity index (χ0) is 12.5. The van der Waals surface area contributed by atoms with Gasteiger partial charge in [0, 0.05) is 11.5 Å². The topological polar surface area (TPSA) is 87.0 Å². The Kier molecular flexibility index (Phi) is 2.73. The van der Waals surface area contributed by atoms with Crippen molar-refractivity contribution in [1.82, 2.24) is 19.4 Å². The highest BCUT2D eigenvalue weighted by molar-refractivity contribution is 7.10. The largest absolute Gasteiger partial charge is 0.459 e. The van der Waals surface area contributed by atoms with Gasteiger partial charge in [0.1, 0.15) is 10.0 Å². The molecule has 0 aliphatic heterocycles. The van der Waals surface area contributed by atoms with Crippen LogP contribution in [0, 0.1) is 0 Å². The minimum atomic E-state index is -0.606. The van der Waals surface area contributed by atoms with E-state index < -0.39 is 5.76 Å². The van der Waals surface area contributed by atoms with Gasteiger partial charge in [-0.05, 0) is 12.1 Å². The first-order valence-electron chi connectivity index (χ1n) is 4.82. The summed E-state index contributed by atoms with van der Waals surface area (Å²) in [6.07, 6.45) is 1.47. The fourth-order valence-electron chi connectivity index (χ4n) is 1.34. The first-order valence-corrected chi connectivity index (χ1v) is 5.98. The molecule has 3 rings (SSSR count). The first-order chi connectivity index (χ1) is 8.74. The van der Waals surface area contributed by atoms with Crippen LogP contribution in [-0.4, -0.2) is 19.4 Å². The highest BCUT2D eigenvalue weighted by Crippen LogP contribution is 2.19. The van der Waals surface area contributed by atoms with E-state index in [9.17, 15) is 4.79 Å². The summed E-state index contributed by atoms with van der Waals surface area (Å²) in [6.45, 7) is 0.109. The quantitative estimate of drug-likeness (QED) is 0.727. The monoisotopic (exact) mass is 284 g/mol. The predicted octanol–water partition coefficient (Wildman–Crippen LogP) is 1.65. The maximum absolute atomic E-state index is 11.6. The summed E-state index contributed by atoms with van der Waals surface area (Å²) in [4.78, 5) is 11.6. The molecule has 0 aromatic carbocycles. The summed E-state index contributed by atoms with van der Waals surface area (Å²) in [5.41, 5.74) is 0.475. The third kappa shape index (κ3) is 1.95. The molecule has 3 heterocycles. The van der Waals surface area contributed by atoms with Gasteiger partial charge in [-0.1, -0.05) is 16.1 Å². The van der Waals surface area contributed by atoms with Gasteiger partial charge in [0.2, 0.25) is 0 Å². The van der Waals surface area contributed by atoms with Crippen LogP contribution in [0.2, 0.25) is 4.34 Å². The van der Waals surface area contributed by atoms with Crippen LogP contribution in [0.4, 0.5) is 0 Å². The van der Waals surface area contributed by atoms with Crippen LogP contribution < -0.4 is 5.76 Å². The molecule has 18 heavy (non-hydrogen) atoms. The number of aromatic nitrogens is 4. The van der Waals surface area contributed by atoms with Gasteiger partial charge < -0.3 is 8.83 Å². The lowest BCUT2D eigenvalue weighted by molar-refractivity contribution is 0.475. The Hall–Kier alpha value is -1.93. The minimum Gasteiger partial charge on any atom is -0.459 e. The predicted molar refractivity (Wildman–Crippen MR) is 62.5 cm³/mol. The molecule has 0 N–H and O–H groups in total. The average Bonchev–Trinajstić information content (AvgIpc) is 3.03. The van der Waals surface area contributed by atoms with Gasteiger partial charge in [-0.3, -0.25) is 0 Å². The van der Waals surface area contributed by atoms with Gasteiger partial charge in [0.25, 0.3) is 5.89 Å². The molecule has 0 amide bonds. The van der Waals surface area contributed by atoms with Crippen molar-refractivity contribution in [3.63, 3.8) is 0 Å². The fourth-order valence-corrected chi connectivity index (χ4v) is 1.95. The zero-order valence-corrected chi connectivity index (χ0v) is 10.3. The normalized spacial score (nSPS) is 10.9. The number of hydrogen-bond donors (Lipinski definition) is 0. The van der Waals surface area contributed by atoms with Crippen molar-refractivity contribution in [2.24, 2.45) is 0 Å². The molecule has 0 atom stereocenters. The highest BCUT2D eigenvalue weighted by atomic mass is 35.5. The Morgan fingerprint density at radius 3 is 3.06 bits per heavy atom. The second-order valence-corrected chi connectivity index (χ2v) is 4.66. The molecular weight excluding hydrogens is 280 g/mol. The molecule has 9 heteroatoms. The van der Waals surface area contributed by atoms with Crippen molar-refractivity contribution in [1.29, 1.82) is 0 Å². The van der Waals surface area contributed by atoms with Crippen molar-refractivity contribution in [3.05, 3.63) is 39.0 Å². The van der Waals surface area contributed by atoms with Gasteiger partial charge >= 0.3 is 5.76 Å². The summed E-state index contributed by atoms with van der Waals surface area (Å²) in [7, 11) is 0. The highest BCUT2D eigenvalue weighted by Gasteiger charge is 2.15. The van der Waals surface area contributed by atoms with E-state index in [4.69, 9.17) is 20.4 Å². The second kappa shape index (κ2) is 4.39. The number of furan rings is 1. The number of nitrogens with zero attached hydrogens (tertiary/aromatic N) is 4. The second-order valence-electron chi connectivity index (χ2n) is 3.30. The van der Waals surface area contributed by atoms with Crippen LogP contribution >= 0.6 is 23.1 Å². The molecule has 92 valence electrons. The van der Waals surface area contributed by atoms with Gasteiger partial charge in [-0.2, -0.15) is 4.68 Å². The van der Waals surface area contributed by atoms with Crippen molar-refractivity contribution >= 4 is 23.1 Å². The van der Waals surface area contributed by atoms with E-state index in [1.54, 1.807) is 12.1 Å². The van der Waals surface area contributed by atoms with E-state index in [0.29, 0.717) is 15.8 Å². The lowest BCUT2D eigenvalue weighted by Crippen LogP contribution is -2.16. The maximum atomic E-state index is 11.6. The Morgan fingerprint density at radius 2 is 2.39 bits per heavy atom. The van der Waals surface area contributed by atoms with E-state index in [1.807, 2.05) is 0 Å². The molecule has 3 aromatic heterocycles. The smallest absolute Gasteiger partial charge is 0.437 e. The standard InChI is InChI=1S/C9H5ClN4O3S/c10-7-5(11-13-18-7)4-14-9(15)17-8(12-14)6-2-1-3-16-6/h1-3H,4H2. The summed E-state index contributed by atoms with van der Waals surface area (Å²) >= 11 is 6.90. The fraction of sp³-hybridized carbons (Fsp3) is 0.111. The minimum absolute atomic E-state index is 0.109. The third-order valence-electron chi connectivity index (χ3n) is 2.15. The van der Waals surface area contributed by atoms with Crippen LogP contribution in [0.25, 0.3) is 11.7 Å². The number of hydrogen-bond acceptors (Lipinski definition) is 7. The van der Waals surface area contributed by atoms with Crippen molar-refractivity contribution in [2.75, 3.05) is 0 Å². The Labute approximate surface area is 109 Å². The van der Waals surface area contributed by atoms with E-state index in [1.165, 1.54) is 6.26 Å². The third-order valence-corrected chi connectivity index (χ3v) is 3.13. The molecule has 0 radical (unpaired) electrons. The maximum Gasteiger partial charge on any atom is 0.437 e. The van der Waals surface area contributed by atoms with Gasteiger partial charge in [-0.25, -0.2) is 4.79 Å². The van der Waals surface area contributed by atoms with E-state index in [0.717, 1.165) is 16.2 Å². The molecule has 0 saturated carbocycles. The van der Waals surface area contributed by atoms with Crippen LogP contribution in [-0.2, 0) is 6.54 Å². The van der Waals surface area contributed by atoms with Crippen molar-refractivity contribution in [2.45, 2.75) is 6.54 Å². The number of rotatable bonds is 3. The first kappa shape index (κ1) is 11.2. The molecule has 0 bridgehead atoms. The summed E-state index contributed by atoms with van der Waals surface area (Å²) in [5.74, 6) is -0.108. The molecule has 0 unspecified atom stereocenters. The summed E-state index contributed by atoms with van der Waals surface area (Å²) in [5, 5.41) is 7.79.